The number of rotatable bonds is 6. The van der Waals surface area contributed by atoms with Crippen molar-refractivity contribution in [3.8, 4) is 33.4 Å². The number of hydrogen-bond acceptors (Lipinski definition) is 2. The average molecular weight is 664 g/mol. The highest BCUT2D eigenvalue weighted by molar-refractivity contribution is 6.15. The van der Waals surface area contributed by atoms with Gasteiger partial charge in [-0.15, -0.1) is 0 Å². The fourth-order valence-electron chi connectivity index (χ4n) is 7.77. The van der Waals surface area contributed by atoms with Gasteiger partial charge in [-0.05, 0) is 68.7 Å². The summed E-state index contributed by atoms with van der Waals surface area (Å²) in [5.41, 5.74) is 12.0. The summed E-state index contributed by atoms with van der Waals surface area (Å²) in [5.74, 6) is 0. The van der Waals surface area contributed by atoms with Crippen LogP contribution in [0.3, 0.4) is 0 Å². The molecule has 0 saturated heterocycles. The number of para-hydroxylation sites is 2. The molecule has 0 aliphatic rings. The molecule has 0 spiro atoms. The minimum Gasteiger partial charge on any atom is -0.455 e. The van der Waals surface area contributed by atoms with Crippen LogP contribution in [-0.2, 0) is 0 Å². The zero-order valence-electron chi connectivity index (χ0n) is 28.4. The van der Waals surface area contributed by atoms with Gasteiger partial charge in [0.15, 0.2) is 0 Å². The highest BCUT2D eigenvalue weighted by Crippen LogP contribution is 2.44. The molecule has 244 valence electrons. The summed E-state index contributed by atoms with van der Waals surface area (Å²) < 4.78 is 6.77. The Labute approximate surface area is 302 Å². The van der Waals surface area contributed by atoms with Crippen molar-refractivity contribution in [1.29, 1.82) is 0 Å². The van der Waals surface area contributed by atoms with E-state index in [1.807, 2.05) is 6.07 Å². The molecule has 2 heteroatoms. The first kappa shape index (κ1) is 30.0. The van der Waals surface area contributed by atoms with E-state index in [1.165, 1.54) is 32.7 Å². The normalized spacial score (nSPS) is 11.5. The van der Waals surface area contributed by atoms with E-state index in [-0.39, 0.29) is 0 Å². The molecule has 0 saturated carbocycles. The minimum atomic E-state index is 0.905. The van der Waals surface area contributed by atoms with E-state index in [4.69, 9.17) is 4.42 Å². The molecule has 0 atom stereocenters. The van der Waals surface area contributed by atoms with Gasteiger partial charge in [0.1, 0.15) is 11.2 Å². The minimum absolute atomic E-state index is 0.905. The molecule has 0 N–H and O–H groups in total. The van der Waals surface area contributed by atoms with E-state index in [9.17, 15) is 0 Å². The smallest absolute Gasteiger partial charge is 0.143 e. The molecule has 1 heterocycles. The SMILES string of the molecule is c1ccc(-c2ccc(N(c3ccc(-c4cccc5c4oc4c(-c6ccccc6)cccc45)cc3)c3cccc4ccc5ccccc5c34)cc2)cc1. The number of nitrogens with zero attached hydrogens (tertiary/aromatic N) is 1. The van der Waals surface area contributed by atoms with E-state index in [2.05, 4.69) is 199 Å². The van der Waals surface area contributed by atoms with Crippen LogP contribution in [-0.4, -0.2) is 0 Å². The molecule has 10 rings (SSSR count). The van der Waals surface area contributed by atoms with Crippen LogP contribution in [0.25, 0.3) is 76.9 Å². The molecule has 0 bridgehead atoms. The molecule has 0 aliphatic carbocycles. The second-order valence-corrected chi connectivity index (χ2v) is 13.3. The summed E-state index contributed by atoms with van der Waals surface area (Å²) in [7, 11) is 0. The van der Waals surface area contributed by atoms with Gasteiger partial charge in [0.2, 0.25) is 0 Å². The summed E-state index contributed by atoms with van der Waals surface area (Å²) in [4.78, 5) is 2.39. The Bertz CT molecular complexity index is 2870. The van der Waals surface area contributed by atoms with E-state index < -0.39 is 0 Å². The first-order valence-corrected chi connectivity index (χ1v) is 17.8. The first-order chi connectivity index (χ1) is 25.8. The second kappa shape index (κ2) is 12.5. The van der Waals surface area contributed by atoms with Crippen molar-refractivity contribution in [3.63, 3.8) is 0 Å². The van der Waals surface area contributed by atoms with Crippen molar-refractivity contribution in [2.24, 2.45) is 0 Å². The molecular formula is C50H33NO. The lowest BCUT2D eigenvalue weighted by molar-refractivity contribution is 0.671. The maximum Gasteiger partial charge on any atom is 0.143 e. The van der Waals surface area contributed by atoms with Crippen LogP contribution in [0.1, 0.15) is 0 Å². The van der Waals surface area contributed by atoms with Gasteiger partial charge < -0.3 is 9.32 Å². The molecule has 0 fully saturated rings. The van der Waals surface area contributed by atoms with Crippen LogP contribution in [0.4, 0.5) is 17.1 Å². The fraction of sp³-hybridized carbons (Fsp3) is 0. The Morgan fingerprint density at radius 1 is 0.308 bits per heavy atom. The van der Waals surface area contributed by atoms with Crippen molar-refractivity contribution >= 4 is 60.5 Å². The molecule has 52 heavy (non-hydrogen) atoms. The Hall–Kier alpha value is -6.90. The number of fused-ring (bicyclic) bond motifs is 6. The molecule has 0 aliphatic heterocycles. The molecule has 10 aromatic rings. The number of anilines is 3. The predicted molar refractivity (Wildman–Crippen MR) is 220 cm³/mol. The zero-order valence-corrected chi connectivity index (χ0v) is 28.4. The predicted octanol–water partition coefficient (Wildman–Crippen LogP) is 14.4. The molecule has 0 amide bonds. The molecular weight excluding hydrogens is 631 g/mol. The monoisotopic (exact) mass is 663 g/mol. The summed E-state index contributed by atoms with van der Waals surface area (Å²) in [5, 5.41) is 7.17. The lowest BCUT2D eigenvalue weighted by Crippen LogP contribution is -2.10. The van der Waals surface area contributed by atoms with Crippen LogP contribution in [0.5, 0.6) is 0 Å². The van der Waals surface area contributed by atoms with Crippen molar-refractivity contribution in [3.05, 3.63) is 200 Å². The van der Waals surface area contributed by atoms with Crippen molar-refractivity contribution in [2.45, 2.75) is 0 Å². The van der Waals surface area contributed by atoms with Gasteiger partial charge in [-0.2, -0.15) is 0 Å². The van der Waals surface area contributed by atoms with Gasteiger partial charge >= 0.3 is 0 Å². The molecule has 2 nitrogen and oxygen atoms in total. The Morgan fingerprint density at radius 2 is 0.769 bits per heavy atom. The highest BCUT2D eigenvalue weighted by Gasteiger charge is 2.19. The maximum atomic E-state index is 6.77. The van der Waals surface area contributed by atoms with Crippen LogP contribution in [0.15, 0.2) is 205 Å². The largest absolute Gasteiger partial charge is 0.455 e. The lowest BCUT2D eigenvalue weighted by Gasteiger charge is -2.28. The van der Waals surface area contributed by atoms with Gasteiger partial charge in [-0.25, -0.2) is 0 Å². The van der Waals surface area contributed by atoms with E-state index in [0.717, 1.165) is 61.3 Å². The molecule has 1 aromatic heterocycles. The average Bonchev–Trinajstić information content (AvgIpc) is 3.61. The van der Waals surface area contributed by atoms with Crippen LogP contribution in [0, 0.1) is 0 Å². The third-order valence-corrected chi connectivity index (χ3v) is 10.3. The Kier molecular flexibility index (Phi) is 7.18. The topological polar surface area (TPSA) is 16.4 Å². The number of hydrogen-bond donors (Lipinski definition) is 0. The van der Waals surface area contributed by atoms with Crippen LogP contribution in [0.2, 0.25) is 0 Å². The molecule has 0 radical (unpaired) electrons. The highest BCUT2D eigenvalue weighted by atomic mass is 16.3. The quantitative estimate of drug-likeness (QED) is 0.165. The summed E-state index contributed by atoms with van der Waals surface area (Å²) in [6.07, 6.45) is 0. The molecule has 9 aromatic carbocycles. The third kappa shape index (κ3) is 5.04. The summed E-state index contributed by atoms with van der Waals surface area (Å²) in [6, 6.07) is 71.5. The maximum absolute atomic E-state index is 6.77. The van der Waals surface area contributed by atoms with Gasteiger partial charge in [0.05, 0.1) is 5.69 Å². The van der Waals surface area contributed by atoms with Gasteiger partial charge in [0.25, 0.3) is 0 Å². The number of benzene rings is 9. The zero-order chi connectivity index (χ0) is 34.4. The Balaban J connectivity index is 1.12. The number of furan rings is 1. The first-order valence-electron chi connectivity index (χ1n) is 17.8. The van der Waals surface area contributed by atoms with Crippen LogP contribution >= 0.6 is 0 Å². The fourth-order valence-corrected chi connectivity index (χ4v) is 7.77. The van der Waals surface area contributed by atoms with Gasteiger partial charge in [-0.3, -0.25) is 0 Å². The third-order valence-electron chi connectivity index (χ3n) is 10.3. The van der Waals surface area contributed by atoms with Crippen LogP contribution < -0.4 is 4.90 Å². The van der Waals surface area contributed by atoms with E-state index in [0.29, 0.717) is 0 Å². The standard InChI is InChI=1S/C50H33NO/c1-3-12-34(13-4-1)35-26-30-40(31-27-35)51(47-23-9-17-39-25-24-37-16-7-8-18-42(37)48(39)47)41-32-28-38(29-33-41)44-20-11-22-46-45-21-10-19-43(49(45)52-50(44)46)36-14-5-2-6-15-36/h1-33H. The van der Waals surface area contributed by atoms with Crippen molar-refractivity contribution in [1.82, 2.24) is 0 Å². The summed E-state index contributed by atoms with van der Waals surface area (Å²) >= 11 is 0. The summed E-state index contributed by atoms with van der Waals surface area (Å²) in [6.45, 7) is 0. The molecule has 0 unspecified atom stereocenters. The van der Waals surface area contributed by atoms with Gasteiger partial charge in [-0.1, -0.05) is 170 Å². The lowest BCUT2D eigenvalue weighted by atomic mass is 9.98. The van der Waals surface area contributed by atoms with Crippen molar-refractivity contribution < 1.29 is 4.42 Å². The van der Waals surface area contributed by atoms with Gasteiger partial charge in [0, 0.05) is 38.7 Å². The second-order valence-electron chi connectivity index (χ2n) is 13.3. The van der Waals surface area contributed by atoms with Crippen molar-refractivity contribution in [2.75, 3.05) is 4.90 Å². The Morgan fingerprint density at radius 3 is 1.42 bits per heavy atom. The van der Waals surface area contributed by atoms with E-state index >= 15 is 0 Å². The van der Waals surface area contributed by atoms with E-state index in [1.54, 1.807) is 0 Å².